The van der Waals surface area contributed by atoms with Crippen LogP contribution in [0.25, 0.3) is 10.9 Å². The molecular weight excluding hydrogens is 374 g/mol. The van der Waals surface area contributed by atoms with Crippen molar-refractivity contribution in [2.45, 2.75) is 24.3 Å². The van der Waals surface area contributed by atoms with E-state index in [2.05, 4.69) is 9.97 Å². The number of carbonyl (C=O) groups excluding carboxylic acids is 1. The first-order valence-corrected chi connectivity index (χ1v) is 9.19. The van der Waals surface area contributed by atoms with Gasteiger partial charge < -0.3 is 9.72 Å². The molecule has 1 atom stereocenters. The van der Waals surface area contributed by atoms with Crippen LogP contribution in [0.15, 0.2) is 52.2 Å². The van der Waals surface area contributed by atoms with Crippen molar-refractivity contribution in [3.05, 3.63) is 70.3 Å². The van der Waals surface area contributed by atoms with Crippen LogP contribution >= 0.6 is 11.8 Å². The van der Waals surface area contributed by atoms with Gasteiger partial charge in [0.25, 0.3) is 5.56 Å². The lowest BCUT2D eigenvalue weighted by Gasteiger charge is -2.13. The molecule has 0 saturated carbocycles. The molecule has 0 radical (unpaired) electrons. The molecule has 2 aromatic carbocycles. The number of thioether (sulfide) groups is 1. The first-order chi connectivity index (χ1) is 12.9. The molecule has 0 aliphatic heterocycles. The fourth-order valence-corrected chi connectivity index (χ4v) is 3.28. The monoisotopic (exact) mass is 390 g/mol. The van der Waals surface area contributed by atoms with Gasteiger partial charge in [0.15, 0.2) is 23.6 Å². The van der Waals surface area contributed by atoms with Crippen molar-refractivity contribution in [1.29, 1.82) is 0 Å². The molecule has 1 N–H and O–H groups in total. The Kier molecular flexibility index (Phi) is 5.85. The largest absolute Gasteiger partial charge is 0.454 e. The van der Waals surface area contributed by atoms with Gasteiger partial charge in [-0.15, -0.1) is 11.8 Å². The van der Waals surface area contributed by atoms with Crippen molar-refractivity contribution in [3.8, 4) is 0 Å². The molecule has 140 valence electrons. The lowest BCUT2D eigenvalue weighted by Crippen LogP contribution is -2.17. The van der Waals surface area contributed by atoms with E-state index in [9.17, 15) is 18.4 Å². The Morgan fingerprint density at radius 1 is 1.22 bits per heavy atom. The van der Waals surface area contributed by atoms with Crippen molar-refractivity contribution in [3.63, 3.8) is 0 Å². The van der Waals surface area contributed by atoms with E-state index in [1.165, 1.54) is 17.8 Å². The summed E-state index contributed by atoms with van der Waals surface area (Å²) in [6.45, 7) is 1.62. The molecule has 3 aromatic rings. The molecule has 0 aliphatic carbocycles. The van der Waals surface area contributed by atoms with E-state index in [4.69, 9.17) is 4.74 Å². The predicted molar refractivity (Wildman–Crippen MR) is 98.6 cm³/mol. The highest BCUT2D eigenvalue weighted by Crippen LogP contribution is 2.22. The van der Waals surface area contributed by atoms with E-state index in [1.54, 1.807) is 31.2 Å². The number of hydrogen-bond acceptors (Lipinski definition) is 5. The highest BCUT2D eigenvalue weighted by atomic mass is 32.2. The van der Waals surface area contributed by atoms with Crippen molar-refractivity contribution >= 4 is 28.6 Å². The van der Waals surface area contributed by atoms with Gasteiger partial charge in [0.2, 0.25) is 0 Å². The number of benzene rings is 2. The van der Waals surface area contributed by atoms with E-state index in [1.807, 2.05) is 0 Å². The summed E-state index contributed by atoms with van der Waals surface area (Å²) in [5, 5.41) is 0.461. The van der Waals surface area contributed by atoms with Crippen molar-refractivity contribution < 1.29 is 18.3 Å². The molecule has 27 heavy (non-hydrogen) atoms. The second kappa shape index (κ2) is 8.30. The molecule has 5 nitrogen and oxygen atoms in total. The molecule has 0 fully saturated rings. The third-order valence-corrected chi connectivity index (χ3v) is 4.79. The highest BCUT2D eigenvalue weighted by molar-refractivity contribution is 7.99. The number of nitrogens with zero attached hydrogens (tertiary/aromatic N) is 1. The molecule has 0 bridgehead atoms. The van der Waals surface area contributed by atoms with Crippen molar-refractivity contribution in [2.75, 3.05) is 5.75 Å². The number of halogens is 2. The maximum Gasteiger partial charge on any atom is 0.307 e. The first-order valence-electron chi connectivity index (χ1n) is 8.20. The van der Waals surface area contributed by atoms with Gasteiger partial charge in [-0.05, 0) is 37.3 Å². The Balaban J connectivity index is 1.57. The molecule has 0 amide bonds. The zero-order valence-electron chi connectivity index (χ0n) is 14.4. The number of esters is 1. The summed E-state index contributed by atoms with van der Waals surface area (Å²) in [5.41, 5.74) is 0.223. The quantitative estimate of drug-likeness (QED) is 0.509. The molecule has 1 aromatic heterocycles. The summed E-state index contributed by atoms with van der Waals surface area (Å²) < 4.78 is 31.3. The number of aromatic amines is 1. The van der Waals surface area contributed by atoms with E-state index in [0.717, 1.165) is 12.1 Å². The molecule has 0 spiro atoms. The zero-order valence-corrected chi connectivity index (χ0v) is 15.2. The fourth-order valence-electron chi connectivity index (χ4n) is 2.43. The predicted octanol–water partition coefficient (Wildman–Crippen LogP) is 3.99. The smallest absolute Gasteiger partial charge is 0.307 e. The van der Waals surface area contributed by atoms with E-state index in [-0.39, 0.29) is 17.8 Å². The third-order valence-electron chi connectivity index (χ3n) is 3.79. The standard InChI is InChI=1S/C19H16F2N2O3S/c1-11(18-22-16-5-3-2-4-13(16)19(25)23-18)26-17(24)8-9-27-12-6-7-14(20)15(21)10-12/h2-7,10-11H,8-9H2,1H3,(H,22,23,25)/t11-/m1/s1. The number of para-hydroxylation sites is 1. The van der Waals surface area contributed by atoms with Crippen molar-refractivity contribution in [2.24, 2.45) is 0 Å². The summed E-state index contributed by atoms with van der Waals surface area (Å²) in [7, 11) is 0. The zero-order chi connectivity index (χ0) is 19.4. The molecule has 1 heterocycles. The second-order valence-electron chi connectivity index (χ2n) is 5.77. The van der Waals surface area contributed by atoms with Crippen LogP contribution in [0.1, 0.15) is 25.3 Å². The van der Waals surface area contributed by atoms with Crippen LogP contribution in [0.3, 0.4) is 0 Å². The number of ether oxygens (including phenoxy) is 1. The second-order valence-corrected chi connectivity index (χ2v) is 6.94. The molecule has 0 aliphatic rings. The van der Waals surface area contributed by atoms with Crippen LogP contribution in [0.5, 0.6) is 0 Å². The number of fused-ring (bicyclic) bond motifs is 1. The Hall–Kier alpha value is -2.74. The van der Waals surface area contributed by atoms with Crippen LogP contribution < -0.4 is 5.56 Å². The van der Waals surface area contributed by atoms with Gasteiger partial charge in [0, 0.05) is 10.6 Å². The third kappa shape index (κ3) is 4.71. The van der Waals surface area contributed by atoms with Gasteiger partial charge in [-0.1, -0.05) is 12.1 Å². The van der Waals surface area contributed by atoms with Gasteiger partial charge in [-0.2, -0.15) is 0 Å². The highest BCUT2D eigenvalue weighted by Gasteiger charge is 2.15. The summed E-state index contributed by atoms with van der Waals surface area (Å²) in [4.78, 5) is 31.5. The number of rotatable bonds is 6. The van der Waals surface area contributed by atoms with Gasteiger partial charge in [-0.25, -0.2) is 13.8 Å². The molecule has 3 rings (SSSR count). The molecular formula is C19H16F2N2O3S. The number of carbonyl (C=O) groups is 1. The number of hydrogen-bond donors (Lipinski definition) is 1. The Bertz CT molecular complexity index is 1040. The lowest BCUT2D eigenvalue weighted by molar-refractivity contribution is -0.148. The minimum atomic E-state index is -0.928. The van der Waals surface area contributed by atoms with Crippen LogP contribution in [-0.4, -0.2) is 21.7 Å². The van der Waals surface area contributed by atoms with Gasteiger partial charge in [-0.3, -0.25) is 9.59 Å². The van der Waals surface area contributed by atoms with Crippen LogP contribution in [-0.2, 0) is 9.53 Å². The fraction of sp³-hybridized carbons (Fsp3) is 0.211. The van der Waals surface area contributed by atoms with Crippen molar-refractivity contribution in [1.82, 2.24) is 9.97 Å². The molecule has 0 unspecified atom stereocenters. The Morgan fingerprint density at radius 3 is 2.78 bits per heavy atom. The van der Waals surface area contributed by atoms with Crippen LogP contribution in [0.4, 0.5) is 8.78 Å². The van der Waals surface area contributed by atoms with E-state index in [0.29, 0.717) is 21.6 Å². The van der Waals surface area contributed by atoms with Gasteiger partial charge in [0.05, 0.1) is 17.3 Å². The Labute approximate surface area is 157 Å². The minimum Gasteiger partial charge on any atom is -0.454 e. The number of nitrogens with one attached hydrogen (secondary N) is 1. The maximum atomic E-state index is 13.2. The SMILES string of the molecule is C[C@@H](OC(=O)CCSc1ccc(F)c(F)c1)c1nc2ccccc2c(=O)[nH]1. The Morgan fingerprint density at radius 2 is 2.00 bits per heavy atom. The van der Waals surface area contributed by atoms with Crippen LogP contribution in [0, 0.1) is 11.6 Å². The average molecular weight is 390 g/mol. The van der Waals surface area contributed by atoms with E-state index < -0.39 is 23.7 Å². The summed E-state index contributed by atoms with van der Waals surface area (Å²) in [6.07, 6.45) is -0.644. The molecule has 0 saturated heterocycles. The summed E-state index contributed by atoms with van der Waals surface area (Å²) in [5.74, 6) is -1.71. The lowest BCUT2D eigenvalue weighted by atomic mass is 10.2. The summed E-state index contributed by atoms with van der Waals surface area (Å²) in [6, 6.07) is 10.5. The maximum absolute atomic E-state index is 13.2. The average Bonchev–Trinajstić information content (AvgIpc) is 2.64. The first kappa shape index (κ1) is 19.0. The topological polar surface area (TPSA) is 72.0 Å². The number of aromatic nitrogens is 2. The van der Waals surface area contributed by atoms with E-state index >= 15 is 0 Å². The van der Waals surface area contributed by atoms with Crippen LogP contribution in [0.2, 0.25) is 0 Å². The molecule has 8 heteroatoms. The normalized spacial score (nSPS) is 12.1. The minimum absolute atomic E-state index is 0.0752. The number of H-pyrrole nitrogens is 1. The summed E-state index contributed by atoms with van der Waals surface area (Å²) >= 11 is 1.22. The van der Waals surface area contributed by atoms with Gasteiger partial charge >= 0.3 is 5.97 Å². The van der Waals surface area contributed by atoms with Gasteiger partial charge in [0.1, 0.15) is 0 Å².